The van der Waals surface area contributed by atoms with Crippen LogP contribution in [0.15, 0.2) is 41.0 Å². The number of amides is 4. The quantitative estimate of drug-likeness (QED) is 0.762. The van der Waals surface area contributed by atoms with E-state index in [2.05, 4.69) is 10.6 Å². The van der Waals surface area contributed by atoms with E-state index in [1.54, 1.807) is 37.3 Å². The Balaban J connectivity index is 1.47. The van der Waals surface area contributed by atoms with Gasteiger partial charge in [-0.3, -0.25) is 14.5 Å². The molecule has 0 aliphatic carbocycles. The third-order valence-corrected chi connectivity index (χ3v) is 4.57. The SMILES string of the molecule is C[C@@]1(c2ccc3c(c2)OCO3)NC(=O)N(CC(=O)NCc2ccco2)C1=O. The molecular weight excluding hydrogens is 354 g/mol. The Morgan fingerprint density at radius 3 is 2.85 bits per heavy atom. The average molecular weight is 371 g/mol. The van der Waals surface area contributed by atoms with Crippen molar-refractivity contribution in [2.45, 2.75) is 19.0 Å². The molecular formula is C18H17N3O6. The molecule has 1 aromatic carbocycles. The van der Waals surface area contributed by atoms with E-state index >= 15 is 0 Å². The summed E-state index contributed by atoms with van der Waals surface area (Å²) in [7, 11) is 0. The first-order valence-electron chi connectivity index (χ1n) is 8.31. The lowest BCUT2D eigenvalue weighted by molar-refractivity contribution is -0.134. The summed E-state index contributed by atoms with van der Waals surface area (Å²) in [5.74, 6) is 0.675. The summed E-state index contributed by atoms with van der Waals surface area (Å²) in [6, 6.07) is 7.81. The Morgan fingerprint density at radius 1 is 1.26 bits per heavy atom. The summed E-state index contributed by atoms with van der Waals surface area (Å²) >= 11 is 0. The largest absolute Gasteiger partial charge is 0.467 e. The van der Waals surface area contributed by atoms with Crippen LogP contribution in [-0.2, 0) is 21.7 Å². The van der Waals surface area contributed by atoms with Gasteiger partial charge in [0.1, 0.15) is 17.8 Å². The van der Waals surface area contributed by atoms with Crippen LogP contribution in [0.5, 0.6) is 11.5 Å². The Hall–Kier alpha value is -3.49. The molecule has 1 atom stereocenters. The minimum Gasteiger partial charge on any atom is -0.467 e. The van der Waals surface area contributed by atoms with E-state index in [0.717, 1.165) is 4.90 Å². The molecule has 1 saturated heterocycles. The maximum Gasteiger partial charge on any atom is 0.325 e. The number of urea groups is 1. The van der Waals surface area contributed by atoms with Crippen LogP contribution in [0, 0.1) is 0 Å². The van der Waals surface area contributed by atoms with Crippen molar-refractivity contribution in [3.63, 3.8) is 0 Å². The Bertz CT molecular complexity index is 910. The topological polar surface area (TPSA) is 110 Å². The van der Waals surface area contributed by atoms with Gasteiger partial charge in [-0.05, 0) is 36.8 Å². The number of nitrogens with zero attached hydrogens (tertiary/aromatic N) is 1. The van der Waals surface area contributed by atoms with Gasteiger partial charge in [-0.15, -0.1) is 0 Å². The number of rotatable bonds is 5. The Kier molecular flexibility index (Phi) is 3.98. The Morgan fingerprint density at radius 2 is 2.07 bits per heavy atom. The van der Waals surface area contributed by atoms with Gasteiger partial charge >= 0.3 is 6.03 Å². The highest BCUT2D eigenvalue weighted by atomic mass is 16.7. The van der Waals surface area contributed by atoms with Crippen LogP contribution >= 0.6 is 0 Å². The van der Waals surface area contributed by atoms with Crippen molar-refractivity contribution >= 4 is 17.8 Å². The lowest BCUT2D eigenvalue weighted by Crippen LogP contribution is -2.43. The van der Waals surface area contributed by atoms with Crippen molar-refractivity contribution in [1.82, 2.24) is 15.5 Å². The van der Waals surface area contributed by atoms with Gasteiger partial charge in [0.15, 0.2) is 11.5 Å². The number of carbonyl (C=O) groups is 3. The van der Waals surface area contributed by atoms with Gasteiger partial charge in [-0.1, -0.05) is 6.07 Å². The third-order valence-electron chi connectivity index (χ3n) is 4.57. The molecule has 4 rings (SSSR count). The van der Waals surface area contributed by atoms with Crippen LogP contribution in [0.2, 0.25) is 0 Å². The molecule has 2 aliphatic heterocycles. The highest BCUT2D eigenvalue weighted by Gasteiger charge is 2.49. The normalized spacial score (nSPS) is 20.7. The maximum absolute atomic E-state index is 12.9. The summed E-state index contributed by atoms with van der Waals surface area (Å²) in [6.45, 7) is 1.49. The predicted octanol–water partition coefficient (Wildman–Crippen LogP) is 1.09. The second-order valence-electron chi connectivity index (χ2n) is 6.37. The molecule has 0 unspecified atom stereocenters. The second kappa shape index (κ2) is 6.35. The van der Waals surface area contributed by atoms with Gasteiger partial charge in [0.2, 0.25) is 12.7 Å². The zero-order valence-electron chi connectivity index (χ0n) is 14.5. The summed E-state index contributed by atoms with van der Waals surface area (Å²) in [4.78, 5) is 38.2. The fraction of sp³-hybridized carbons (Fsp3) is 0.278. The molecule has 9 nitrogen and oxygen atoms in total. The van der Waals surface area contributed by atoms with E-state index < -0.39 is 23.4 Å². The van der Waals surface area contributed by atoms with Crippen molar-refractivity contribution in [1.29, 1.82) is 0 Å². The molecule has 9 heteroatoms. The smallest absolute Gasteiger partial charge is 0.325 e. The fourth-order valence-electron chi connectivity index (χ4n) is 3.04. The van der Waals surface area contributed by atoms with Crippen LogP contribution in [0.25, 0.3) is 0 Å². The number of hydrogen-bond donors (Lipinski definition) is 2. The van der Waals surface area contributed by atoms with Crippen LogP contribution in [0.1, 0.15) is 18.2 Å². The number of furan rings is 1. The molecule has 0 spiro atoms. The molecule has 3 heterocycles. The number of nitrogens with one attached hydrogen (secondary N) is 2. The van der Waals surface area contributed by atoms with Crippen LogP contribution in [-0.4, -0.2) is 36.1 Å². The van der Waals surface area contributed by atoms with Crippen molar-refractivity contribution in [3.05, 3.63) is 47.9 Å². The zero-order valence-corrected chi connectivity index (χ0v) is 14.5. The van der Waals surface area contributed by atoms with Gasteiger partial charge in [-0.25, -0.2) is 4.79 Å². The average Bonchev–Trinajstić information content (AvgIpc) is 3.37. The molecule has 27 heavy (non-hydrogen) atoms. The van der Waals surface area contributed by atoms with Crippen molar-refractivity contribution < 1.29 is 28.3 Å². The van der Waals surface area contributed by atoms with E-state index in [0.29, 0.717) is 22.8 Å². The number of fused-ring (bicyclic) bond motifs is 1. The molecule has 0 bridgehead atoms. The van der Waals surface area contributed by atoms with Gasteiger partial charge in [0, 0.05) is 0 Å². The van der Waals surface area contributed by atoms with Gasteiger partial charge in [0.05, 0.1) is 12.8 Å². The van der Waals surface area contributed by atoms with Gasteiger partial charge in [-0.2, -0.15) is 0 Å². The van der Waals surface area contributed by atoms with Crippen LogP contribution in [0.4, 0.5) is 4.79 Å². The van der Waals surface area contributed by atoms with Crippen LogP contribution in [0.3, 0.4) is 0 Å². The zero-order chi connectivity index (χ0) is 19.0. The molecule has 2 aromatic rings. The van der Waals surface area contributed by atoms with E-state index in [-0.39, 0.29) is 19.9 Å². The van der Waals surface area contributed by atoms with Gasteiger partial charge in [0.25, 0.3) is 5.91 Å². The highest BCUT2D eigenvalue weighted by Crippen LogP contribution is 2.37. The van der Waals surface area contributed by atoms with Crippen molar-refractivity contribution in [2.75, 3.05) is 13.3 Å². The fourth-order valence-corrected chi connectivity index (χ4v) is 3.04. The maximum atomic E-state index is 12.9. The molecule has 4 amide bonds. The lowest BCUT2D eigenvalue weighted by atomic mass is 9.91. The van der Waals surface area contributed by atoms with E-state index in [4.69, 9.17) is 13.9 Å². The highest BCUT2D eigenvalue weighted by molar-refractivity contribution is 6.09. The number of ether oxygens (including phenoxy) is 2. The van der Waals surface area contributed by atoms with E-state index in [1.807, 2.05) is 0 Å². The molecule has 0 radical (unpaired) electrons. The van der Waals surface area contributed by atoms with E-state index in [1.165, 1.54) is 6.26 Å². The molecule has 1 fully saturated rings. The number of benzene rings is 1. The second-order valence-corrected chi connectivity index (χ2v) is 6.37. The number of carbonyl (C=O) groups excluding carboxylic acids is 3. The van der Waals surface area contributed by atoms with Crippen molar-refractivity contribution in [3.8, 4) is 11.5 Å². The Labute approximate surface area is 154 Å². The molecule has 0 saturated carbocycles. The van der Waals surface area contributed by atoms with Crippen LogP contribution < -0.4 is 20.1 Å². The first kappa shape index (κ1) is 17.0. The first-order chi connectivity index (χ1) is 13.0. The molecule has 1 aromatic heterocycles. The molecule has 140 valence electrons. The minimum atomic E-state index is -1.29. The van der Waals surface area contributed by atoms with Crippen molar-refractivity contribution in [2.24, 2.45) is 0 Å². The predicted molar refractivity (Wildman–Crippen MR) is 90.7 cm³/mol. The lowest BCUT2D eigenvalue weighted by Gasteiger charge is -2.22. The first-order valence-corrected chi connectivity index (χ1v) is 8.31. The third kappa shape index (κ3) is 2.97. The molecule has 2 N–H and O–H groups in total. The standard InChI is InChI=1S/C18H17N3O6/c1-18(11-4-5-13-14(7-11)27-10-26-13)16(23)21(17(24)20-18)9-15(22)19-8-12-3-2-6-25-12/h2-7H,8-10H2,1H3,(H,19,22)(H,20,24)/t18-/m0/s1. The molecule has 2 aliphatic rings. The van der Waals surface area contributed by atoms with Gasteiger partial charge < -0.3 is 24.5 Å². The minimum absolute atomic E-state index is 0.109. The summed E-state index contributed by atoms with van der Waals surface area (Å²) in [5, 5.41) is 5.27. The monoisotopic (exact) mass is 371 g/mol. The number of hydrogen-bond acceptors (Lipinski definition) is 6. The summed E-state index contributed by atoms with van der Waals surface area (Å²) < 4.78 is 15.7. The summed E-state index contributed by atoms with van der Waals surface area (Å²) in [5.41, 5.74) is -0.747. The summed E-state index contributed by atoms with van der Waals surface area (Å²) in [6.07, 6.45) is 1.50. The van der Waals surface area contributed by atoms with E-state index in [9.17, 15) is 14.4 Å². The number of imide groups is 1.